The van der Waals surface area contributed by atoms with Gasteiger partial charge in [0.15, 0.2) is 23.5 Å². The average Bonchev–Trinajstić information content (AvgIpc) is 3.68. The molecule has 2 saturated heterocycles. The Morgan fingerprint density at radius 1 is 0.960 bits per heavy atom. The van der Waals surface area contributed by atoms with E-state index < -0.39 is 29.8 Å². The molecule has 2 aliphatic heterocycles. The molecule has 3 aromatic rings. The van der Waals surface area contributed by atoms with Crippen LogP contribution in [0, 0.1) is 0 Å². The zero-order valence-corrected chi connectivity index (χ0v) is 30.5. The molecule has 0 spiro atoms. The predicted molar refractivity (Wildman–Crippen MR) is 190 cm³/mol. The summed E-state index contributed by atoms with van der Waals surface area (Å²) < 4.78 is 26.6. The third-order valence-corrected chi connectivity index (χ3v) is 8.49. The van der Waals surface area contributed by atoms with E-state index >= 15 is 0 Å². The summed E-state index contributed by atoms with van der Waals surface area (Å²) in [6.45, 7) is 18.5. The molecule has 0 radical (unpaired) electrons. The van der Waals surface area contributed by atoms with Crippen molar-refractivity contribution in [2.24, 2.45) is 0 Å². The molecule has 50 heavy (non-hydrogen) atoms. The number of hydrogen-bond donors (Lipinski definition) is 4. The minimum absolute atomic E-state index is 0.0360. The molecule has 0 saturated carbocycles. The van der Waals surface area contributed by atoms with Crippen molar-refractivity contribution >= 4 is 34.8 Å². The smallest absolute Gasteiger partial charge is 0.407 e. The van der Waals surface area contributed by atoms with Gasteiger partial charge in [-0.1, -0.05) is 32.9 Å². The van der Waals surface area contributed by atoms with Crippen LogP contribution in [0.1, 0.15) is 80.0 Å². The van der Waals surface area contributed by atoms with Gasteiger partial charge in [-0.25, -0.2) is 24.5 Å². The van der Waals surface area contributed by atoms with Crippen LogP contribution in [0.4, 0.5) is 21.1 Å². The number of aromatic nitrogens is 4. The van der Waals surface area contributed by atoms with Crippen LogP contribution in [0.2, 0.25) is 0 Å². The molecule has 1 unspecified atom stereocenters. The second-order valence-corrected chi connectivity index (χ2v) is 15.4. The summed E-state index contributed by atoms with van der Waals surface area (Å²) in [7, 11) is 0. The van der Waals surface area contributed by atoms with Crippen LogP contribution in [0.15, 0.2) is 36.9 Å². The van der Waals surface area contributed by atoms with Crippen LogP contribution >= 0.6 is 0 Å². The van der Waals surface area contributed by atoms with Gasteiger partial charge < -0.3 is 45.5 Å². The molecular weight excluding hydrogens is 642 g/mol. The minimum Gasteiger partial charge on any atom is -0.444 e. The molecule has 2 aromatic heterocycles. The number of carbonyl (C=O) groups is 2. The third-order valence-electron chi connectivity index (χ3n) is 8.49. The minimum atomic E-state index is -0.813. The maximum absolute atomic E-state index is 12.7. The van der Waals surface area contributed by atoms with Crippen molar-refractivity contribution in [3.63, 3.8) is 0 Å². The van der Waals surface area contributed by atoms with E-state index in [0.29, 0.717) is 56.7 Å². The van der Waals surface area contributed by atoms with E-state index in [2.05, 4.69) is 56.6 Å². The first-order valence-electron chi connectivity index (χ1n) is 17.3. The summed E-state index contributed by atoms with van der Waals surface area (Å²) >= 11 is 0. The lowest BCUT2D eigenvalue weighted by atomic mass is 9.87. The second-order valence-electron chi connectivity index (χ2n) is 15.4. The molecule has 2 aliphatic rings. The SMILES string of the molecule is CC(C)(C)OC(=O)NCCCN(CCCNC(=O)Nc1ccc(C(C)(C)C)cc1)C[C@H]1OC(n2cnc3c(N)ncnc32)[C@@H]2OC(C)(C)O[C@H]12. The molecule has 1 aromatic carbocycles. The van der Waals surface area contributed by atoms with Gasteiger partial charge in [-0.3, -0.25) is 4.57 Å². The molecule has 2 fully saturated rings. The number of anilines is 2. The number of amides is 3. The highest BCUT2D eigenvalue weighted by Gasteiger charge is 2.56. The second kappa shape index (κ2) is 15.1. The van der Waals surface area contributed by atoms with E-state index in [1.807, 2.05) is 63.5 Å². The molecular formula is C35H53N9O6. The Morgan fingerprint density at radius 3 is 2.28 bits per heavy atom. The third kappa shape index (κ3) is 9.59. The van der Waals surface area contributed by atoms with Crippen molar-refractivity contribution in [3.05, 3.63) is 42.5 Å². The van der Waals surface area contributed by atoms with Crippen molar-refractivity contribution in [2.45, 2.75) is 110 Å². The number of ether oxygens (including phenoxy) is 4. The van der Waals surface area contributed by atoms with Gasteiger partial charge in [0.2, 0.25) is 0 Å². The Hall–Kier alpha value is -4.05. The summed E-state index contributed by atoms with van der Waals surface area (Å²) in [5.41, 5.74) is 8.49. The molecule has 0 aliphatic carbocycles. The number of nitrogens with two attached hydrogens (primary N) is 1. The number of nitrogens with one attached hydrogen (secondary N) is 3. The molecule has 15 nitrogen and oxygen atoms in total. The zero-order valence-electron chi connectivity index (χ0n) is 30.5. The Labute approximate surface area is 294 Å². The number of benzene rings is 1. The number of imidazole rings is 1. The normalized spacial score (nSPS) is 21.7. The van der Waals surface area contributed by atoms with Crippen molar-refractivity contribution in [2.75, 3.05) is 43.8 Å². The van der Waals surface area contributed by atoms with Crippen LogP contribution < -0.4 is 21.7 Å². The fraction of sp³-hybridized carbons (Fsp3) is 0.629. The number of hydrogen-bond acceptors (Lipinski definition) is 11. The van der Waals surface area contributed by atoms with Gasteiger partial charge in [-0.2, -0.15) is 0 Å². The highest BCUT2D eigenvalue weighted by Crippen LogP contribution is 2.44. The number of urea groups is 1. The van der Waals surface area contributed by atoms with E-state index in [-0.39, 0.29) is 29.5 Å². The molecule has 3 amide bonds. The molecule has 274 valence electrons. The number of rotatable bonds is 12. The molecule has 4 atom stereocenters. The quantitative estimate of drug-likeness (QED) is 0.195. The van der Waals surface area contributed by atoms with Crippen molar-refractivity contribution in [1.82, 2.24) is 35.1 Å². The Balaban J connectivity index is 1.21. The van der Waals surface area contributed by atoms with Gasteiger partial charge in [0.25, 0.3) is 0 Å². The molecule has 5 N–H and O–H groups in total. The lowest BCUT2D eigenvalue weighted by Gasteiger charge is -2.29. The Bertz CT molecular complexity index is 1620. The first-order chi connectivity index (χ1) is 23.5. The largest absolute Gasteiger partial charge is 0.444 e. The average molecular weight is 696 g/mol. The zero-order chi connectivity index (χ0) is 36.3. The number of nitrogens with zero attached hydrogens (tertiary/aromatic N) is 5. The maximum Gasteiger partial charge on any atom is 0.407 e. The van der Waals surface area contributed by atoms with E-state index in [1.54, 1.807) is 6.33 Å². The van der Waals surface area contributed by atoms with E-state index in [1.165, 1.54) is 11.9 Å². The number of carbonyl (C=O) groups excluding carboxylic acids is 2. The fourth-order valence-electron chi connectivity index (χ4n) is 6.18. The molecule has 0 bridgehead atoms. The number of alkyl carbamates (subject to hydrolysis) is 1. The van der Waals surface area contributed by atoms with Crippen molar-refractivity contribution < 1.29 is 28.5 Å². The first-order valence-corrected chi connectivity index (χ1v) is 17.3. The van der Waals surface area contributed by atoms with Gasteiger partial charge >= 0.3 is 12.1 Å². The molecule has 4 heterocycles. The van der Waals surface area contributed by atoms with Crippen LogP contribution in [0.3, 0.4) is 0 Å². The van der Waals surface area contributed by atoms with E-state index in [4.69, 9.17) is 24.7 Å². The highest BCUT2D eigenvalue weighted by atomic mass is 16.8. The van der Waals surface area contributed by atoms with Crippen LogP contribution in [0.25, 0.3) is 11.2 Å². The summed E-state index contributed by atoms with van der Waals surface area (Å²) in [5.74, 6) is -0.525. The van der Waals surface area contributed by atoms with Gasteiger partial charge in [-0.05, 0) is 83.7 Å². The van der Waals surface area contributed by atoms with Gasteiger partial charge in [0.1, 0.15) is 35.8 Å². The topological polar surface area (TPSA) is 180 Å². The van der Waals surface area contributed by atoms with Gasteiger partial charge in [0.05, 0.1) is 6.33 Å². The first kappa shape index (κ1) is 37.2. The van der Waals surface area contributed by atoms with Crippen molar-refractivity contribution in [3.8, 4) is 0 Å². The summed E-state index contributed by atoms with van der Waals surface area (Å²) in [6.07, 6.45) is 2.28. The lowest BCUT2D eigenvalue weighted by molar-refractivity contribution is -0.198. The van der Waals surface area contributed by atoms with Gasteiger partial charge in [0, 0.05) is 25.3 Å². The standard InChI is InChI=1S/C35H53N9O6/c1-33(2,3)22-11-13-23(14-12-22)42-31(45)37-15-9-17-43(18-10-16-38-32(46)50-34(4,5)6)19-24-26-27(49-35(7,8)48-26)30(47-24)44-21-41-25-28(36)39-20-40-29(25)44/h11-14,20-21,24,26-27,30H,9-10,15-19H2,1-8H3,(H,38,46)(H2,36,39,40)(H2,37,42,45)/t24-,26-,27-,30?/m1/s1. The lowest BCUT2D eigenvalue weighted by Crippen LogP contribution is -2.42. The molecule has 15 heteroatoms. The monoisotopic (exact) mass is 695 g/mol. The summed E-state index contributed by atoms with van der Waals surface area (Å²) in [4.78, 5) is 40.1. The summed E-state index contributed by atoms with van der Waals surface area (Å²) in [6, 6.07) is 7.63. The Morgan fingerprint density at radius 2 is 1.62 bits per heavy atom. The highest BCUT2D eigenvalue weighted by molar-refractivity contribution is 5.89. The van der Waals surface area contributed by atoms with E-state index in [9.17, 15) is 9.59 Å². The van der Waals surface area contributed by atoms with Crippen LogP contribution in [-0.2, 0) is 24.4 Å². The van der Waals surface area contributed by atoms with Crippen LogP contribution in [0.5, 0.6) is 0 Å². The number of fused-ring (bicyclic) bond motifs is 2. The number of nitrogen functional groups attached to an aromatic ring is 1. The molecule has 5 rings (SSSR count). The predicted octanol–water partition coefficient (Wildman–Crippen LogP) is 4.55. The van der Waals surface area contributed by atoms with Crippen LogP contribution in [-0.4, -0.2) is 99.0 Å². The van der Waals surface area contributed by atoms with Crippen molar-refractivity contribution in [1.29, 1.82) is 0 Å². The Kier molecular flexibility index (Phi) is 11.2. The summed E-state index contributed by atoms with van der Waals surface area (Å²) in [5, 5.41) is 8.72. The van der Waals surface area contributed by atoms with E-state index in [0.717, 1.165) is 5.69 Å². The maximum atomic E-state index is 12.7. The fourth-order valence-corrected chi connectivity index (χ4v) is 6.18. The van der Waals surface area contributed by atoms with Gasteiger partial charge in [-0.15, -0.1) is 0 Å².